The van der Waals surface area contributed by atoms with Gasteiger partial charge in [0.2, 0.25) is 0 Å². The predicted molar refractivity (Wildman–Crippen MR) is 80.0 cm³/mol. The molecule has 0 saturated carbocycles. The molecule has 94 valence electrons. The van der Waals surface area contributed by atoms with Crippen LogP contribution in [0.4, 0.5) is 0 Å². The molecule has 20 heavy (non-hydrogen) atoms. The second-order valence-electron chi connectivity index (χ2n) is 4.50. The van der Waals surface area contributed by atoms with E-state index in [4.69, 9.17) is 5.26 Å². The maximum Gasteiger partial charge on any atom is 0.0991 e. The van der Waals surface area contributed by atoms with E-state index in [1.165, 1.54) is 0 Å². The third kappa shape index (κ3) is 2.41. The Kier molecular flexibility index (Phi) is 3.23. The van der Waals surface area contributed by atoms with Crippen molar-refractivity contribution in [3.8, 4) is 17.9 Å². The van der Waals surface area contributed by atoms with Gasteiger partial charge < -0.3 is 4.57 Å². The molecule has 3 aromatic rings. The van der Waals surface area contributed by atoms with Crippen LogP contribution in [0.1, 0.15) is 11.1 Å². The molecule has 0 aliphatic heterocycles. The summed E-state index contributed by atoms with van der Waals surface area (Å²) < 4.78 is 2.09. The number of benzene rings is 2. The molecule has 2 nitrogen and oxygen atoms in total. The molecule has 0 atom stereocenters. The summed E-state index contributed by atoms with van der Waals surface area (Å²) in [5.74, 6) is 6.32. The molecule has 1 heterocycles. The molecule has 0 amide bonds. The van der Waals surface area contributed by atoms with Gasteiger partial charge in [-0.3, -0.25) is 0 Å². The molecule has 0 bridgehead atoms. The quantitative estimate of drug-likeness (QED) is 0.612. The topological polar surface area (TPSA) is 28.7 Å². The number of fused-ring (bicyclic) bond motifs is 1. The molecule has 0 spiro atoms. The molecule has 0 N–H and O–H groups in total. The highest BCUT2D eigenvalue weighted by atomic mass is 14.9. The lowest BCUT2D eigenvalue weighted by molar-refractivity contribution is 0.886. The van der Waals surface area contributed by atoms with E-state index in [1.807, 2.05) is 60.8 Å². The van der Waals surface area contributed by atoms with E-state index in [0.29, 0.717) is 12.1 Å². The minimum absolute atomic E-state index is 0.643. The van der Waals surface area contributed by atoms with Crippen LogP contribution in [0.15, 0.2) is 60.8 Å². The number of rotatable bonds is 1. The second kappa shape index (κ2) is 5.34. The third-order valence-corrected chi connectivity index (χ3v) is 3.16. The van der Waals surface area contributed by atoms with E-state index in [-0.39, 0.29) is 0 Å². The normalized spacial score (nSPS) is 9.75. The number of aromatic nitrogens is 1. The van der Waals surface area contributed by atoms with Crippen molar-refractivity contribution in [3.05, 3.63) is 71.9 Å². The molecule has 2 heteroatoms. The van der Waals surface area contributed by atoms with Crippen LogP contribution in [0.3, 0.4) is 0 Å². The third-order valence-electron chi connectivity index (χ3n) is 3.16. The van der Waals surface area contributed by atoms with Gasteiger partial charge in [0, 0.05) is 22.7 Å². The molecule has 0 fully saturated rings. The Balaban J connectivity index is 1.86. The van der Waals surface area contributed by atoms with Crippen LogP contribution in [0, 0.1) is 23.2 Å². The summed E-state index contributed by atoms with van der Waals surface area (Å²) in [6.45, 7) is 0.643. The van der Waals surface area contributed by atoms with Crippen LogP contribution < -0.4 is 0 Å². The van der Waals surface area contributed by atoms with Gasteiger partial charge >= 0.3 is 0 Å². The van der Waals surface area contributed by atoms with E-state index in [1.54, 1.807) is 0 Å². The summed E-state index contributed by atoms with van der Waals surface area (Å²) in [6.07, 6.45) is 2.01. The second-order valence-corrected chi connectivity index (χ2v) is 4.50. The zero-order valence-corrected chi connectivity index (χ0v) is 10.9. The lowest BCUT2D eigenvalue weighted by atomic mass is 10.2. The van der Waals surface area contributed by atoms with Gasteiger partial charge in [0.15, 0.2) is 0 Å². The Hall–Kier alpha value is -2.97. The highest BCUT2D eigenvalue weighted by Crippen LogP contribution is 2.17. The number of nitriles is 1. The molecule has 0 unspecified atom stereocenters. The van der Waals surface area contributed by atoms with Crippen molar-refractivity contribution >= 4 is 10.9 Å². The Labute approximate surface area is 117 Å². The lowest BCUT2D eigenvalue weighted by Crippen LogP contribution is -1.92. The summed E-state index contributed by atoms with van der Waals surface area (Å²) in [5.41, 5.74) is 2.81. The molecule has 2 aromatic carbocycles. The Morgan fingerprint density at radius 3 is 2.60 bits per heavy atom. The molecule has 3 rings (SSSR count). The molecular weight excluding hydrogens is 244 g/mol. The summed E-state index contributed by atoms with van der Waals surface area (Å²) in [4.78, 5) is 0. The lowest BCUT2D eigenvalue weighted by Gasteiger charge is -1.99. The van der Waals surface area contributed by atoms with Gasteiger partial charge in [-0.25, -0.2) is 0 Å². The first-order valence-electron chi connectivity index (χ1n) is 6.40. The average Bonchev–Trinajstić information content (AvgIpc) is 2.91. The molecule has 0 aliphatic rings. The minimum atomic E-state index is 0.643. The molecule has 0 aliphatic carbocycles. The van der Waals surface area contributed by atoms with Gasteiger partial charge in [0.1, 0.15) is 0 Å². The minimum Gasteiger partial charge on any atom is -0.336 e. The molecular formula is C18H12N2. The number of hydrogen-bond acceptors (Lipinski definition) is 1. The number of nitrogens with zero attached hydrogens (tertiary/aromatic N) is 2. The van der Waals surface area contributed by atoms with Crippen LogP contribution in [-0.4, -0.2) is 4.57 Å². The van der Waals surface area contributed by atoms with Gasteiger partial charge in [-0.05, 0) is 36.4 Å². The summed E-state index contributed by atoms with van der Waals surface area (Å²) in [7, 11) is 0. The maximum atomic E-state index is 8.89. The number of hydrogen-bond donors (Lipinski definition) is 0. The van der Waals surface area contributed by atoms with E-state index in [2.05, 4.69) is 22.5 Å². The van der Waals surface area contributed by atoms with E-state index in [0.717, 1.165) is 16.5 Å². The van der Waals surface area contributed by atoms with Gasteiger partial charge in [-0.15, -0.1) is 0 Å². The standard InChI is InChI=1S/C18H12N2/c19-14-16-8-9-18-17(13-16)10-12-20(18)11-4-7-15-5-2-1-3-6-15/h1-3,5-6,8-10,12-13H,11H2. The van der Waals surface area contributed by atoms with Gasteiger partial charge in [-0.2, -0.15) is 5.26 Å². The van der Waals surface area contributed by atoms with E-state index < -0.39 is 0 Å². The van der Waals surface area contributed by atoms with Crippen molar-refractivity contribution in [2.75, 3.05) is 0 Å². The van der Waals surface area contributed by atoms with Crippen molar-refractivity contribution in [2.45, 2.75) is 6.54 Å². The fourth-order valence-corrected chi connectivity index (χ4v) is 2.16. The van der Waals surface area contributed by atoms with Crippen LogP contribution in [0.2, 0.25) is 0 Å². The fraction of sp³-hybridized carbons (Fsp3) is 0.0556. The van der Waals surface area contributed by atoms with Crippen LogP contribution >= 0.6 is 0 Å². The summed E-state index contributed by atoms with van der Waals surface area (Å²) in [5, 5.41) is 9.97. The molecule has 0 radical (unpaired) electrons. The van der Waals surface area contributed by atoms with Crippen molar-refractivity contribution < 1.29 is 0 Å². The highest BCUT2D eigenvalue weighted by Gasteiger charge is 2.00. The van der Waals surface area contributed by atoms with Crippen molar-refractivity contribution in [1.29, 1.82) is 5.26 Å². The van der Waals surface area contributed by atoms with Crippen molar-refractivity contribution in [3.63, 3.8) is 0 Å². The highest BCUT2D eigenvalue weighted by molar-refractivity contribution is 5.81. The SMILES string of the molecule is N#Cc1ccc2c(ccn2CC#Cc2ccccc2)c1. The van der Waals surface area contributed by atoms with Crippen LogP contribution in [0.5, 0.6) is 0 Å². The smallest absolute Gasteiger partial charge is 0.0991 e. The maximum absolute atomic E-state index is 8.89. The molecule has 0 saturated heterocycles. The predicted octanol–water partition coefficient (Wildman–Crippen LogP) is 3.56. The Morgan fingerprint density at radius 2 is 1.80 bits per heavy atom. The Morgan fingerprint density at radius 1 is 0.950 bits per heavy atom. The first-order chi connectivity index (χ1) is 9.86. The van der Waals surface area contributed by atoms with Gasteiger partial charge in [0.25, 0.3) is 0 Å². The van der Waals surface area contributed by atoms with Gasteiger partial charge in [-0.1, -0.05) is 30.0 Å². The summed E-state index contributed by atoms with van der Waals surface area (Å²) in [6, 6.07) is 19.8. The van der Waals surface area contributed by atoms with Crippen LogP contribution in [0.25, 0.3) is 10.9 Å². The summed E-state index contributed by atoms with van der Waals surface area (Å²) >= 11 is 0. The fourth-order valence-electron chi connectivity index (χ4n) is 2.16. The largest absolute Gasteiger partial charge is 0.336 e. The first-order valence-corrected chi connectivity index (χ1v) is 6.40. The average molecular weight is 256 g/mol. The first kappa shape index (κ1) is 12.1. The van der Waals surface area contributed by atoms with E-state index >= 15 is 0 Å². The zero-order chi connectivity index (χ0) is 13.8. The van der Waals surface area contributed by atoms with Crippen molar-refractivity contribution in [2.24, 2.45) is 0 Å². The van der Waals surface area contributed by atoms with Gasteiger partial charge in [0.05, 0.1) is 18.2 Å². The molecule has 1 aromatic heterocycles. The Bertz CT molecular complexity index is 840. The van der Waals surface area contributed by atoms with Crippen LogP contribution in [-0.2, 0) is 6.54 Å². The van der Waals surface area contributed by atoms with Crippen molar-refractivity contribution in [1.82, 2.24) is 4.57 Å². The monoisotopic (exact) mass is 256 g/mol. The zero-order valence-electron chi connectivity index (χ0n) is 10.9. The van der Waals surface area contributed by atoms with E-state index in [9.17, 15) is 0 Å².